The van der Waals surface area contributed by atoms with E-state index in [-0.39, 0.29) is 31.0 Å². The molecule has 0 radical (unpaired) electrons. The Labute approximate surface area is 280 Å². The van der Waals surface area contributed by atoms with Crippen molar-refractivity contribution in [3.8, 4) is 0 Å². The lowest BCUT2D eigenvalue weighted by Crippen LogP contribution is -2.73. The Bertz CT molecular complexity index is 1270. The minimum absolute atomic E-state index is 0.0520. The van der Waals surface area contributed by atoms with Crippen LogP contribution in [0.15, 0.2) is 60.7 Å². The topological polar surface area (TPSA) is 102 Å². The summed E-state index contributed by atoms with van der Waals surface area (Å²) in [5, 5.41) is 2.87. The van der Waals surface area contributed by atoms with Crippen molar-refractivity contribution in [2.75, 3.05) is 53.0 Å². The van der Waals surface area contributed by atoms with Gasteiger partial charge in [0.1, 0.15) is 6.61 Å². The van der Waals surface area contributed by atoms with Crippen molar-refractivity contribution in [1.29, 1.82) is 0 Å². The fourth-order valence-corrected chi connectivity index (χ4v) is 6.64. The van der Waals surface area contributed by atoms with Gasteiger partial charge in [0, 0.05) is 32.7 Å². The van der Waals surface area contributed by atoms with E-state index >= 15 is 0 Å². The van der Waals surface area contributed by atoms with Gasteiger partial charge in [-0.25, -0.2) is 9.69 Å². The summed E-state index contributed by atoms with van der Waals surface area (Å²) in [7, 11) is 2.02. The number of ether oxygens (including phenoxy) is 1. The highest BCUT2D eigenvalue weighted by atomic mass is 16.5. The molecule has 2 aliphatic rings. The number of likely N-dealkylation sites (tertiary alicyclic amines) is 1. The molecule has 2 fully saturated rings. The van der Waals surface area contributed by atoms with Crippen LogP contribution in [0.3, 0.4) is 0 Å². The number of benzene rings is 2. The van der Waals surface area contributed by atoms with Crippen molar-refractivity contribution in [2.24, 2.45) is 5.41 Å². The molecule has 10 heteroatoms. The smallest absolute Gasteiger partial charge is 0.327 e. The highest BCUT2D eigenvalue weighted by Gasteiger charge is 2.62. The van der Waals surface area contributed by atoms with E-state index in [1.165, 1.54) is 0 Å². The Balaban J connectivity index is 1.49. The summed E-state index contributed by atoms with van der Waals surface area (Å²) in [6, 6.07) is 18.7. The number of piperazine rings is 1. The molecule has 0 bridgehead atoms. The molecule has 2 heterocycles. The minimum atomic E-state index is -0.875. The molecule has 2 aliphatic heterocycles. The number of likely N-dealkylation sites (N-methyl/N-ethyl adjacent to an activating group) is 1. The third-order valence-corrected chi connectivity index (χ3v) is 9.83. The number of nitrogens with one attached hydrogen (secondary N) is 1. The van der Waals surface area contributed by atoms with Crippen LogP contribution in [0, 0.1) is 5.41 Å². The number of carbonyl (C=O) groups is 4. The summed E-state index contributed by atoms with van der Waals surface area (Å²) in [6.07, 6.45) is 5.22. The van der Waals surface area contributed by atoms with Crippen LogP contribution in [0.2, 0.25) is 0 Å². The van der Waals surface area contributed by atoms with E-state index in [2.05, 4.69) is 17.1 Å². The van der Waals surface area contributed by atoms with Gasteiger partial charge in [-0.15, -0.1) is 0 Å². The van der Waals surface area contributed by atoms with Crippen LogP contribution >= 0.6 is 0 Å². The lowest BCUT2D eigenvalue weighted by atomic mass is 9.72. The largest absolute Gasteiger partial charge is 0.347 e. The first-order valence-corrected chi connectivity index (χ1v) is 17.3. The number of imide groups is 1. The van der Waals surface area contributed by atoms with E-state index in [1.807, 2.05) is 81.6 Å². The number of urea groups is 1. The maximum absolute atomic E-state index is 14.3. The van der Waals surface area contributed by atoms with Gasteiger partial charge in [0.15, 0.2) is 6.23 Å². The van der Waals surface area contributed by atoms with Gasteiger partial charge in [-0.1, -0.05) is 107 Å². The second-order valence-electron chi connectivity index (χ2n) is 12.8. The first kappa shape index (κ1) is 36.1. The lowest BCUT2D eigenvalue weighted by Gasteiger charge is -2.53. The fourth-order valence-electron chi connectivity index (χ4n) is 6.64. The van der Waals surface area contributed by atoms with Crippen molar-refractivity contribution in [1.82, 2.24) is 24.9 Å². The van der Waals surface area contributed by atoms with Crippen molar-refractivity contribution in [3.63, 3.8) is 0 Å². The minimum Gasteiger partial charge on any atom is -0.347 e. The summed E-state index contributed by atoms with van der Waals surface area (Å²) in [6.45, 7) is 9.01. The first-order chi connectivity index (χ1) is 22.8. The Morgan fingerprint density at radius 3 is 2.00 bits per heavy atom. The Morgan fingerprint density at radius 2 is 1.45 bits per heavy atom. The number of hydrogen-bond acceptors (Lipinski definition) is 6. The predicted octanol–water partition coefficient (Wildman–Crippen LogP) is 5.05. The van der Waals surface area contributed by atoms with Gasteiger partial charge >= 0.3 is 6.03 Å². The molecule has 4 rings (SSSR count). The van der Waals surface area contributed by atoms with Crippen molar-refractivity contribution in [2.45, 2.75) is 77.9 Å². The standard InChI is InChI=1S/C37H53N5O5/c1-5-8-9-10-17-22-41(33(44)32(29-18-13-11-14-19-29)30-20-15-12-16-21-30)28-38-36(46)42-34(45)37(6-2,7-3)35(42)47-27-31(43)40-25-23-39(4)24-26-40/h11-16,18-21,32,35H,5-10,17,22-28H2,1-4H3,(H,38,46). The zero-order chi connectivity index (χ0) is 33.8. The summed E-state index contributed by atoms with van der Waals surface area (Å²) in [5.41, 5.74) is 0.872. The third-order valence-electron chi connectivity index (χ3n) is 9.83. The van der Waals surface area contributed by atoms with Crippen LogP contribution < -0.4 is 5.32 Å². The van der Waals surface area contributed by atoms with Crippen LogP contribution in [-0.4, -0.2) is 103 Å². The van der Waals surface area contributed by atoms with Crippen LogP contribution in [0.1, 0.15) is 82.8 Å². The van der Waals surface area contributed by atoms with Gasteiger partial charge in [0.2, 0.25) is 17.7 Å². The summed E-state index contributed by atoms with van der Waals surface area (Å²) >= 11 is 0. The molecule has 1 unspecified atom stereocenters. The molecule has 47 heavy (non-hydrogen) atoms. The molecule has 0 saturated carbocycles. The Kier molecular flexibility index (Phi) is 13.4. The summed E-state index contributed by atoms with van der Waals surface area (Å²) in [5.74, 6) is -1.12. The van der Waals surface area contributed by atoms with Gasteiger partial charge in [-0.2, -0.15) is 0 Å². The normalized spacial score (nSPS) is 17.8. The van der Waals surface area contributed by atoms with Gasteiger partial charge in [0.05, 0.1) is 18.0 Å². The predicted molar refractivity (Wildman–Crippen MR) is 182 cm³/mol. The summed E-state index contributed by atoms with van der Waals surface area (Å²) in [4.78, 5) is 61.2. The highest BCUT2D eigenvalue weighted by Crippen LogP contribution is 2.45. The molecule has 0 aromatic heterocycles. The van der Waals surface area contributed by atoms with Gasteiger partial charge < -0.3 is 24.8 Å². The van der Waals surface area contributed by atoms with Crippen molar-refractivity contribution < 1.29 is 23.9 Å². The quantitative estimate of drug-likeness (QED) is 0.156. The Morgan fingerprint density at radius 1 is 0.872 bits per heavy atom. The number of amides is 5. The number of unbranched alkanes of at least 4 members (excludes halogenated alkanes) is 4. The molecule has 1 atom stereocenters. The van der Waals surface area contributed by atoms with Gasteiger partial charge in [-0.3, -0.25) is 14.4 Å². The SMILES string of the molecule is CCCCCCCN(CNC(=O)N1C(=O)C(CC)(CC)C1OCC(=O)N1CCN(C)CC1)C(=O)C(c1ccccc1)c1ccccc1. The Hall–Kier alpha value is -3.76. The highest BCUT2D eigenvalue weighted by molar-refractivity contribution is 6.03. The molecule has 5 amide bonds. The lowest BCUT2D eigenvalue weighted by molar-refractivity contribution is -0.212. The molecule has 10 nitrogen and oxygen atoms in total. The van der Waals surface area contributed by atoms with E-state index in [9.17, 15) is 19.2 Å². The van der Waals surface area contributed by atoms with E-state index < -0.39 is 23.6 Å². The van der Waals surface area contributed by atoms with Crippen LogP contribution in [0.5, 0.6) is 0 Å². The number of hydrogen-bond donors (Lipinski definition) is 1. The van der Waals surface area contributed by atoms with Crippen LogP contribution in [-0.2, 0) is 19.1 Å². The maximum Gasteiger partial charge on any atom is 0.327 e. The average molecular weight is 648 g/mol. The molecular weight excluding hydrogens is 594 g/mol. The number of rotatable bonds is 16. The van der Waals surface area contributed by atoms with Crippen molar-refractivity contribution >= 4 is 23.8 Å². The van der Waals surface area contributed by atoms with E-state index in [4.69, 9.17) is 4.74 Å². The number of nitrogens with zero attached hydrogens (tertiary/aromatic N) is 4. The van der Waals surface area contributed by atoms with E-state index in [0.717, 1.165) is 61.2 Å². The monoisotopic (exact) mass is 647 g/mol. The van der Waals surface area contributed by atoms with Gasteiger partial charge in [-0.05, 0) is 37.4 Å². The molecule has 2 aromatic rings. The zero-order valence-corrected chi connectivity index (χ0v) is 28.7. The molecular formula is C37H53N5O5. The van der Waals surface area contributed by atoms with Crippen LogP contribution in [0.25, 0.3) is 0 Å². The second-order valence-corrected chi connectivity index (χ2v) is 12.8. The van der Waals surface area contributed by atoms with Crippen LogP contribution in [0.4, 0.5) is 4.79 Å². The van der Waals surface area contributed by atoms with Crippen molar-refractivity contribution in [3.05, 3.63) is 71.8 Å². The summed E-state index contributed by atoms with van der Waals surface area (Å²) < 4.78 is 6.09. The zero-order valence-electron chi connectivity index (χ0n) is 28.7. The maximum atomic E-state index is 14.3. The molecule has 0 spiro atoms. The molecule has 256 valence electrons. The fraction of sp³-hybridized carbons (Fsp3) is 0.568. The molecule has 0 aliphatic carbocycles. The number of β-lactam (4-membered cyclic amide) rings is 1. The second kappa shape index (κ2) is 17.4. The molecule has 2 saturated heterocycles. The van der Waals surface area contributed by atoms with E-state index in [1.54, 1.807) is 9.80 Å². The molecule has 2 aromatic carbocycles. The molecule has 1 N–H and O–H groups in total. The first-order valence-electron chi connectivity index (χ1n) is 17.3. The van der Waals surface area contributed by atoms with E-state index in [0.29, 0.717) is 32.5 Å². The third kappa shape index (κ3) is 8.59. The average Bonchev–Trinajstić information content (AvgIpc) is 3.09. The van der Waals surface area contributed by atoms with Gasteiger partial charge in [0.25, 0.3) is 0 Å². The number of carbonyl (C=O) groups excluding carboxylic acids is 4.